The lowest BCUT2D eigenvalue weighted by Crippen LogP contribution is -2.36. The van der Waals surface area contributed by atoms with Crippen LogP contribution >= 0.6 is 15.9 Å². The van der Waals surface area contributed by atoms with E-state index in [0.717, 1.165) is 21.5 Å². The molecular formula is C21H23BrN2O2. The van der Waals surface area contributed by atoms with Crippen molar-refractivity contribution in [2.75, 3.05) is 12.0 Å². The smallest absolute Gasteiger partial charge is 0.244 e. The molecule has 0 aromatic heterocycles. The summed E-state index contributed by atoms with van der Waals surface area (Å²) in [4.78, 5) is 14.8. The highest BCUT2D eigenvalue weighted by Gasteiger charge is 2.26. The summed E-state index contributed by atoms with van der Waals surface area (Å²) in [5.74, 6) is 0.220. The molecule has 5 heteroatoms. The standard InChI is InChI=1S/C21H23BrN2O2/c1-15(2)12-17(13-23)21(25)24(19-8-6-18(22)7-9-19)14-16-4-10-20(26-3)11-5-16/h4-11,15,17H,12,14H2,1-3H3. The Kier molecular flexibility index (Phi) is 7.23. The van der Waals surface area contributed by atoms with Gasteiger partial charge in [0.1, 0.15) is 11.7 Å². The van der Waals surface area contributed by atoms with E-state index >= 15 is 0 Å². The average Bonchev–Trinajstić information content (AvgIpc) is 2.65. The van der Waals surface area contributed by atoms with Crippen molar-refractivity contribution in [1.82, 2.24) is 0 Å². The number of nitrogens with zero attached hydrogens (tertiary/aromatic N) is 2. The Labute approximate surface area is 163 Å². The van der Waals surface area contributed by atoms with Crippen molar-refractivity contribution in [3.05, 3.63) is 58.6 Å². The van der Waals surface area contributed by atoms with Crippen molar-refractivity contribution in [2.45, 2.75) is 26.8 Å². The number of halogens is 1. The number of carbonyl (C=O) groups is 1. The highest BCUT2D eigenvalue weighted by molar-refractivity contribution is 9.10. The molecule has 0 aliphatic heterocycles. The van der Waals surface area contributed by atoms with Gasteiger partial charge >= 0.3 is 0 Å². The largest absolute Gasteiger partial charge is 0.497 e. The molecule has 0 bridgehead atoms. The third-order valence-electron chi connectivity index (χ3n) is 4.07. The maximum atomic E-state index is 13.1. The number of hydrogen-bond donors (Lipinski definition) is 0. The molecule has 1 amide bonds. The van der Waals surface area contributed by atoms with Gasteiger partial charge in [-0.05, 0) is 54.3 Å². The zero-order valence-corrected chi connectivity index (χ0v) is 16.9. The van der Waals surface area contributed by atoms with Crippen LogP contribution in [-0.2, 0) is 11.3 Å². The fourth-order valence-corrected chi connectivity index (χ4v) is 2.96. The summed E-state index contributed by atoms with van der Waals surface area (Å²) >= 11 is 3.42. The summed E-state index contributed by atoms with van der Waals surface area (Å²) < 4.78 is 6.13. The Morgan fingerprint density at radius 3 is 2.27 bits per heavy atom. The van der Waals surface area contributed by atoms with Gasteiger partial charge in [-0.25, -0.2) is 0 Å². The number of nitriles is 1. The van der Waals surface area contributed by atoms with Crippen LogP contribution in [0, 0.1) is 23.2 Å². The van der Waals surface area contributed by atoms with Crippen LogP contribution in [-0.4, -0.2) is 13.0 Å². The van der Waals surface area contributed by atoms with Crippen molar-refractivity contribution < 1.29 is 9.53 Å². The minimum Gasteiger partial charge on any atom is -0.497 e. The van der Waals surface area contributed by atoms with Gasteiger partial charge in [0.15, 0.2) is 0 Å². The Hall–Kier alpha value is -2.32. The van der Waals surface area contributed by atoms with Crippen molar-refractivity contribution in [2.24, 2.45) is 11.8 Å². The topological polar surface area (TPSA) is 53.3 Å². The molecule has 4 nitrogen and oxygen atoms in total. The van der Waals surface area contributed by atoms with E-state index < -0.39 is 5.92 Å². The summed E-state index contributed by atoms with van der Waals surface area (Å²) in [6.45, 7) is 4.44. The van der Waals surface area contributed by atoms with Crippen molar-refractivity contribution in [3.8, 4) is 11.8 Å². The van der Waals surface area contributed by atoms with Gasteiger partial charge in [-0.1, -0.05) is 41.9 Å². The van der Waals surface area contributed by atoms with Crippen LogP contribution in [0.5, 0.6) is 5.75 Å². The zero-order valence-electron chi connectivity index (χ0n) is 15.3. The minimum absolute atomic E-state index is 0.167. The van der Waals surface area contributed by atoms with Crippen molar-refractivity contribution >= 4 is 27.5 Å². The number of anilines is 1. The van der Waals surface area contributed by atoms with Crippen molar-refractivity contribution in [3.63, 3.8) is 0 Å². The van der Waals surface area contributed by atoms with Gasteiger partial charge in [0.2, 0.25) is 5.91 Å². The zero-order chi connectivity index (χ0) is 19.1. The molecule has 0 aliphatic rings. The predicted molar refractivity (Wildman–Crippen MR) is 107 cm³/mol. The Morgan fingerprint density at radius 2 is 1.77 bits per heavy atom. The first-order valence-electron chi connectivity index (χ1n) is 8.54. The van der Waals surface area contributed by atoms with Crippen LogP contribution in [0.2, 0.25) is 0 Å². The van der Waals surface area contributed by atoms with Gasteiger partial charge in [0.05, 0.1) is 19.7 Å². The van der Waals surface area contributed by atoms with Gasteiger partial charge in [-0.3, -0.25) is 4.79 Å². The van der Waals surface area contributed by atoms with Crippen LogP contribution in [0.15, 0.2) is 53.0 Å². The first kappa shape index (κ1) is 20.0. The minimum atomic E-state index is -0.656. The molecular weight excluding hydrogens is 392 g/mol. The Balaban J connectivity index is 2.32. The molecule has 0 fully saturated rings. The SMILES string of the molecule is COc1ccc(CN(C(=O)C(C#N)CC(C)C)c2ccc(Br)cc2)cc1. The molecule has 26 heavy (non-hydrogen) atoms. The molecule has 0 spiro atoms. The lowest BCUT2D eigenvalue weighted by molar-refractivity contribution is -0.121. The van der Waals surface area contributed by atoms with E-state index in [1.54, 1.807) is 12.0 Å². The van der Waals surface area contributed by atoms with Gasteiger partial charge in [-0.15, -0.1) is 0 Å². The first-order chi connectivity index (χ1) is 12.4. The quantitative estimate of drug-likeness (QED) is 0.627. The van der Waals surface area contributed by atoms with Gasteiger partial charge < -0.3 is 9.64 Å². The van der Waals surface area contributed by atoms with Crippen LogP contribution in [0.4, 0.5) is 5.69 Å². The van der Waals surface area contributed by atoms with Gasteiger partial charge in [0.25, 0.3) is 0 Å². The molecule has 0 radical (unpaired) electrons. The number of methoxy groups -OCH3 is 1. The molecule has 1 unspecified atom stereocenters. The summed E-state index contributed by atoms with van der Waals surface area (Å²) in [5, 5.41) is 9.50. The molecule has 0 saturated carbocycles. The summed E-state index contributed by atoms with van der Waals surface area (Å²) in [7, 11) is 1.62. The maximum Gasteiger partial charge on any atom is 0.244 e. The monoisotopic (exact) mass is 414 g/mol. The molecule has 0 heterocycles. The van der Waals surface area contributed by atoms with Crippen LogP contribution < -0.4 is 9.64 Å². The molecule has 0 aliphatic carbocycles. The van der Waals surface area contributed by atoms with Crippen LogP contribution in [0.25, 0.3) is 0 Å². The first-order valence-corrected chi connectivity index (χ1v) is 9.33. The van der Waals surface area contributed by atoms with E-state index in [-0.39, 0.29) is 11.8 Å². The molecule has 0 saturated heterocycles. The third kappa shape index (κ3) is 5.34. The molecule has 2 aromatic rings. The lowest BCUT2D eigenvalue weighted by Gasteiger charge is -2.26. The lowest BCUT2D eigenvalue weighted by atomic mass is 9.96. The fourth-order valence-electron chi connectivity index (χ4n) is 2.70. The van der Waals surface area contributed by atoms with E-state index in [2.05, 4.69) is 22.0 Å². The molecule has 136 valence electrons. The van der Waals surface area contributed by atoms with E-state index in [1.807, 2.05) is 62.4 Å². The highest BCUT2D eigenvalue weighted by Crippen LogP contribution is 2.25. The fraction of sp³-hybridized carbons (Fsp3) is 0.333. The number of ether oxygens (including phenoxy) is 1. The van der Waals surface area contributed by atoms with E-state index in [4.69, 9.17) is 4.74 Å². The van der Waals surface area contributed by atoms with Crippen LogP contribution in [0.3, 0.4) is 0 Å². The number of benzene rings is 2. The third-order valence-corrected chi connectivity index (χ3v) is 4.59. The summed E-state index contributed by atoms with van der Waals surface area (Å²) in [5.41, 5.74) is 1.75. The highest BCUT2D eigenvalue weighted by atomic mass is 79.9. The van der Waals surface area contributed by atoms with E-state index in [9.17, 15) is 10.1 Å². The second kappa shape index (κ2) is 9.40. The van der Waals surface area contributed by atoms with E-state index in [0.29, 0.717) is 13.0 Å². The van der Waals surface area contributed by atoms with Gasteiger partial charge in [-0.2, -0.15) is 5.26 Å². The number of carbonyl (C=O) groups excluding carboxylic acids is 1. The normalized spacial score (nSPS) is 11.7. The van der Waals surface area contributed by atoms with Crippen LogP contribution in [0.1, 0.15) is 25.8 Å². The maximum absolute atomic E-state index is 13.1. The molecule has 2 aromatic carbocycles. The van der Waals surface area contributed by atoms with E-state index in [1.165, 1.54) is 0 Å². The Morgan fingerprint density at radius 1 is 1.15 bits per heavy atom. The summed E-state index contributed by atoms with van der Waals surface area (Å²) in [6.07, 6.45) is 0.547. The molecule has 2 rings (SSSR count). The van der Waals surface area contributed by atoms with Gasteiger partial charge in [0, 0.05) is 10.2 Å². The van der Waals surface area contributed by atoms with Crippen molar-refractivity contribution in [1.29, 1.82) is 5.26 Å². The average molecular weight is 415 g/mol. The molecule has 0 N–H and O–H groups in total. The molecule has 1 atom stereocenters. The predicted octanol–water partition coefficient (Wildman–Crippen LogP) is 5.18. The number of amides is 1. The second-order valence-electron chi connectivity index (χ2n) is 6.56. The second-order valence-corrected chi connectivity index (χ2v) is 7.48. The summed E-state index contributed by atoms with van der Waals surface area (Å²) in [6, 6.07) is 17.3. The number of rotatable bonds is 7. The number of hydrogen-bond acceptors (Lipinski definition) is 3. The Bertz CT molecular complexity index is 764.